The van der Waals surface area contributed by atoms with E-state index in [1.54, 1.807) is 18.3 Å². The van der Waals surface area contributed by atoms with E-state index in [0.29, 0.717) is 11.4 Å². The molecule has 1 aliphatic rings. The third-order valence-electron chi connectivity index (χ3n) is 4.46. The van der Waals surface area contributed by atoms with Gasteiger partial charge in [-0.2, -0.15) is 0 Å². The lowest BCUT2D eigenvalue weighted by Crippen LogP contribution is -2.31. The predicted octanol–water partition coefficient (Wildman–Crippen LogP) is 2.86. The highest BCUT2D eigenvalue weighted by Gasteiger charge is 2.20. The average Bonchev–Trinajstić information content (AvgIpc) is 2.73. The van der Waals surface area contributed by atoms with Crippen LogP contribution in [0.3, 0.4) is 0 Å². The van der Waals surface area contributed by atoms with Crippen molar-refractivity contribution in [3.8, 4) is 5.75 Å². The molecule has 1 atom stereocenters. The molecule has 3 aromatic rings. The molecule has 0 fully saturated rings. The second kappa shape index (κ2) is 7.92. The van der Waals surface area contributed by atoms with Crippen molar-refractivity contribution >= 4 is 17.5 Å². The minimum Gasteiger partial charge on any atom is -0.482 e. The first-order valence-electron chi connectivity index (χ1n) is 9.00. The minimum atomic E-state index is -0.337. The zero-order valence-electron chi connectivity index (χ0n) is 15.1. The third-order valence-corrected chi connectivity index (χ3v) is 4.46. The number of amides is 2. The number of hydrogen-bond donors (Lipinski definition) is 2. The summed E-state index contributed by atoms with van der Waals surface area (Å²) in [6.07, 6.45) is 1.89. The molecule has 0 saturated heterocycles. The van der Waals surface area contributed by atoms with Gasteiger partial charge in [-0.05, 0) is 35.4 Å². The monoisotopic (exact) mass is 373 g/mol. The highest BCUT2D eigenvalue weighted by Crippen LogP contribution is 2.28. The Morgan fingerprint density at radius 2 is 1.93 bits per heavy atom. The summed E-state index contributed by atoms with van der Waals surface area (Å²) in [6.45, 7) is 0.00959. The van der Waals surface area contributed by atoms with Crippen molar-refractivity contribution in [2.45, 2.75) is 12.5 Å². The van der Waals surface area contributed by atoms with Crippen LogP contribution in [0.2, 0.25) is 0 Å². The molecule has 4 rings (SSSR count). The maximum absolute atomic E-state index is 12.7. The van der Waals surface area contributed by atoms with Gasteiger partial charge in [0.2, 0.25) is 5.91 Å². The van der Waals surface area contributed by atoms with Crippen LogP contribution in [0.4, 0.5) is 5.69 Å². The fourth-order valence-electron chi connectivity index (χ4n) is 3.16. The lowest BCUT2D eigenvalue weighted by molar-refractivity contribution is -0.121. The highest BCUT2D eigenvalue weighted by atomic mass is 16.5. The van der Waals surface area contributed by atoms with Crippen molar-refractivity contribution in [2.75, 3.05) is 11.9 Å². The normalized spacial score (nSPS) is 13.6. The SMILES string of the molecule is O=C1COc2ccc(CC(=O)NC(c3ccccc3)c3ccccn3)cc2N1. The van der Waals surface area contributed by atoms with Crippen LogP contribution in [-0.4, -0.2) is 23.4 Å². The average molecular weight is 373 g/mol. The lowest BCUT2D eigenvalue weighted by Gasteiger charge is -2.20. The van der Waals surface area contributed by atoms with Crippen LogP contribution < -0.4 is 15.4 Å². The number of nitrogens with zero attached hydrogens (tertiary/aromatic N) is 1. The summed E-state index contributed by atoms with van der Waals surface area (Å²) in [5.74, 6) is 0.273. The number of carbonyl (C=O) groups is 2. The molecular weight excluding hydrogens is 354 g/mol. The first-order valence-corrected chi connectivity index (χ1v) is 9.00. The van der Waals surface area contributed by atoms with Gasteiger partial charge in [-0.1, -0.05) is 42.5 Å². The third kappa shape index (κ3) is 4.01. The van der Waals surface area contributed by atoms with Crippen molar-refractivity contribution in [2.24, 2.45) is 0 Å². The Morgan fingerprint density at radius 3 is 2.71 bits per heavy atom. The summed E-state index contributed by atoms with van der Waals surface area (Å²) in [4.78, 5) is 28.6. The topological polar surface area (TPSA) is 80.3 Å². The van der Waals surface area contributed by atoms with Crippen LogP contribution >= 0.6 is 0 Å². The summed E-state index contributed by atoms with van der Waals surface area (Å²) < 4.78 is 5.36. The molecule has 2 amide bonds. The van der Waals surface area contributed by atoms with Crippen LogP contribution in [0.1, 0.15) is 22.9 Å². The standard InChI is InChI=1S/C22H19N3O3/c26-20(13-15-9-10-19-18(12-15)24-21(27)14-28-19)25-22(16-6-2-1-3-7-16)17-8-4-5-11-23-17/h1-12,22H,13-14H2,(H,24,27)(H,25,26). The van der Waals surface area contributed by atoms with Gasteiger partial charge in [-0.25, -0.2) is 0 Å². The van der Waals surface area contributed by atoms with Crippen LogP contribution in [0.25, 0.3) is 0 Å². The number of benzene rings is 2. The van der Waals surface area contributed by atoms with Crippen molar-refractivity contribution in [1.82, 2.24) is 10.3 Å². The van der Waals surface area contributed by atoms with Gasteiger partial charge in [0.1, 0.15) is 5.75 Å². The zero-order chi connectivity index (χ0) is 19.3. The summed E-state index contributed by atoms with van der Waals surface area (Å²) in [5, 5.41) is 5.83. The first kappa shape index (κ1) is 17.7. The molecular formula is C22H19N3O3. The molecule has 1 aliphatic heterocycles. The van der Waals surface area contributed by atoms with Gasteiger partial charge in [0.15, 0.2) is 6.61 Å². The van der Waals surface area contributed by atoms with Gasteiger partial charge >= 0.3 is 0 Å². The summed E-state index contributed by atoms with van der Waals surface area (Å²) in [7, 11) is 0. The van der Waals surface area contributed by atoms with E-state index in [1.165, 1.54) is 0 Å². The molecule has 0 spiro atoms. The molecule has 28 heavy (non-hydrogen) atoms. The fourth-order valence-corrected chi connectivity index (χ4v) is 3.16. The number of anilines is 1. The molecule has 1 aromatic heterocycles. The largest absolute Gasteiger partial charge is 0.482 e. The smallest absolute Gasteiger partial charge is 0.262 e. The maximum atomic E-state index is 12.7. The van der Waals surface area contributed by atoms with Crippen LogP contribution in [0, 0.1) is 0 Å². The van der Waals surface area contributed by atoms with Crippen LogP contribution in [0.15, 0.2) is 72.9 Å². The molecule has 2 N–H and O–H groups in total. The van der Waals surface area contributed by atoms with Crippen molar-refractivity contribution in [3.63, 3.8) is 0 Å². The first-order chi connectivity index (χ1) is 13.7. The molecule has 6 heteroatoms. The molecule has 1 unspecified atom stereocenters. The Labute approximate surface area is 162 Å². The van der Waals surface area contributed by atoms with E-state index < -0.39 is 0 Å². The maximum Gasteiger partial charge on any atom is 0.262 e. The van der Waals surface area contributed by atoms with E-state index >= 15 is 0 Å². The van der Waals surface area contributed by atoms with E-state index in [4.69, 9.17) is 4.74 Å². The Balaban J connectivity index is 1.52. The van der Waals surface area contributed by atoms with Gasteiger partial charge in [-0.3, -0.25) is 14.6 Å². The van der Waals surface area contributed by atoms with Gasteiger partial charge < -0.3 is 15.4 Å². The highest BCUT2D eigenvalue weighted by molar-refractivity contribution is 5.95. The van der Waals surface area contributed by atoms with Gasteiger partial charge in [0, 0.05) is 6.20 Å². The predicted molar refractivity (Wildman–Crippen MR) is 105 cm³/mol. The number of pyridine rings is 1. The zero-order valence-corrected chi connectivity index (χ0v) is 15.1. The molecule has 140 valence electrons. The number of ether oxygens (including phenoxy) is 1. The van der Waals surface area contributed by atoms with E-state index in [1.807, 2.05) is 54.6 Å². The van der Waals surface area contributed by atoms with Gasteiger partial charge in [0.25, 0.3) is 5.91 Å². The molecule has 0 saturated carbocycles. The molecule has 6 nitrogen and oxygen atoms in total. The number of aromatic nitrogens is 1. The minimum absolute atomic E-state index is 0.00959. The van der Waals surface area contributed by atoms with Crippen molar-refractivity contribution in [1.29, 1.82) is 0 Å². The molecule has 0 aliphatic carbocycles. The van der Waals surface area contributed by atoms with Crippen LogP contribution in [-0.2, 0) is 16.0 Å². The quantitative estimate of drug-likeness (QED) is 0.721. The lowest BCUT2D eigenvalue weighted by atomic mass is 10.0. The van der Waals surface area contributed by atoms with E-state index in [9.17, 15) is 9.59 Å². The van der Waals surface area contributed by atoms with Gasteiger partial charge in [0.05, 0.1) is 23.8 Å². The van der Waals surface area contributed by atoms with Crippen molar-refractivity contribution in [3.05, 3.63) is 89.7 Å². The fraction of sp³-hybridized carbons (Fsp3) is 0.136. The molecule has 0 bridgehead atoms. The number of carbonyl (C=O) groups excluding carboxylic acids is 2. The molecule has 2 heterocycles. The summed E-state index contributed by atoms with van der Waals surface area (Å²) >= 11 is 0. The van der Waals surface area contributed by atoms with Crippen molar-refractivity contribution < 1.29 is 14.3 Å². The van der Waals surface area contributed by atoms with E-state index in [2.05, 4.69) is 15.6 Å². The molecule has 2 aromatic carbocycles. The summed E-state index contributed by atoms with van der Waals surface area (Å²) in [6, 6.07) is 20.4. The second-order valence-corrected chi connectivity index (χ2v) is 6.51. The summed E-state index contributed by atoms with van der Waals surface area (Å²) in [5.41, 5.74) is 3.11. The number of rotatable bonds is 5. The van der Waals surface area contributed by atoms with Crippen LogP contribution in [0.5, 0.6) is 5.75 Å². The number of fused-ring (bicyclic) bond motifs is 1. The molecule has 0 radical (unpaired) electrons. The number of nitrogens with one attached hydrogen (secondary N) is 2. The van der Waals surface area contributed by atoms with E-state index in [-0.39, 0.29) is 30.9 Å². The number of hydrogen-bond acceptors (Lipinski definition) is 4. The Kier molecular flexibility index (Phi) is 5.01. The Hall–Kier alpha value is -3.67. The Morgan fingerprint density at radius 1 is 1.11 bits per heavy atom. The van der Waals surface area contributed by atoms with Gasteiger partial charge in [-0.15, -0.1) is 0 Å². The van der Waals surface area contributed by atoms with E-state index in [0.717, 1.165) is 16.8 Å². The Bertz CT molecular complexity index is 951. The second-order valence-electron chi connectivity index (χ2n) is 6.51.